The number of hydrogen-bond donors (Lipinski definition) is 2. The molecule has 0 saturated heterocycles. The van der Waals surface area contributed by atoms with E-state index in [-0.39, 0.29) is 30.1 Å². The molecular weight excluding hydrogens is 464 g/mol. The number of halogens is 2. The molecule has 3 rings (SSSR count). The van der Waals surface area contributed by atoms with Gasteiger partial charge in [-0.2, -0.15) is 0 Å². The van der Waals surface area contributed by atoms with Crippen molar-refractivity contribution in [3.63, 3.8) is 0 Å². The van der Waals surface area contributed by atoms with Crippen LogP contribution in [0.15, 0.2) is 54.7 Å². The maximum absolute atomic E-state index is 14.7. The molecule has 0 radical (unpaired) electrons. The molecule has 0 aliphatic rings. The summed E-state index contributed by atoms with van der Waals surface area (Å²) in [6, 6.07) is 11.4. The van der Waals surface area contributed by atoms with E-state index in [1.807, 2.05) is 55.7 Å². The van der Waals surface area contributed by atoms with E-state index in [1.165, 1.54) is 6.92 Å². The summed E-state index contributed by atoms with van der Waals surface area (Å²) in [6.45, 7) is 7.90. The summed E-state index contributed by atoms with van der Waals surface area (Å²) >= 11 is 0. The molecule has 1 aromatic heterocycles. The van der Waals surface area contributed by atoms with Crippen LogP contribution in [0, 0.1) is 17.0 Å². The Morgan fingerprint density at radius 3 is 2.36 bits per heavy atom. The number of nitrogens with two attached hydrogens (primary N) is 2. The molecule has 4 N–H and O–H groups in total. The number of primary amides is 1. The van der Waals surface area contributed by atoms with Gasteiger partial charge in [0.1, 0.15) is 17.5 Å². The Labute approximate surface area is 210 Å². The Morgan fingerprint density at radius 1 is 1.11 bits per heavy atom. The van der Waals surface area contributed by atoms with E-state index in [9.17, 15) is 18.4 Å². The van der Waals surface area contributed by atoms with Gasteiger partial charge < -0.3 is 20.9 Å². The quantitative estimate of drug-likeness (QED) is 0.466. The molecule has 2 unspecified atom stereocenters. The molecule has 0 fully saturated rings. The topological polar surface area (TPSA) is 107 Å². The lowest BCUT2D eigenvalue weighted by Crippen LogP contribution is -2.45. The normalized spacial score (nSPS) is 13.3. The van der Waals surface area contributed by atoms with Crippen LogP contribution in [0.5, 0.6) is 0 Å². The third kappa shape index (κ3) is 6.34. The predicted octanol–water partition coefficient (Wildman–Crippen LogP) is 4.02. The second-order valence-corrected chi connectivity index (χ2v) is 10.0. The zero-order valence-electron chi connectivity index (χ0n) is 21.0. The van der Waals surface area contributed by atoms with Gasteiger partial charge in [-0.1, -0.05) is 51.1 Å². The fraction of sp³-hybridized carbons (Fsp3) is 0.370. The van der Waals surface area contributed by atoms with Crippen LogP contribution in [0.1, 0.15) is 51.5 Å². The molecule has 9 heteroatoms. The van der Waals surface area contributed by atoms with Crippen LogP contribution in [-0.4, -0.2) is 38.9 Å². The molecule has 36 heavy (non-hydrogen) atoms. The fourth-order valence-electron chi connectivity index (χ4n) is 4.26. The first-order valence-electron chi connectivity index (χ1n) is 11.8. The highest BCUT2D eigenvalue weighted by Crippen LogP contribution is 2.39. The molecule has 3 aromatic rings. The van der Waals surface area contributed by atoms with E-state index in [2.05, 4.69) is 0 Å². The zero-order chi connectivity index (χ0) is 26.6. The minimum Gasteiger partial charge on any atom is -0.368 e. The van der Waals surface area contributed by atoms with Crippen LogP contribution in [0.3, 0.4) is 0 Å². The van der Waals surface area contributed by atoms with E-state index in [1.54, 1.807) is 11.1 Å². The molecule has 2 atom stereocenters. The van der Waals surface area contributed by atoms with E-state index in [0.29, 0.717) is 12.4 Å². The molecule has 0 saturated carbocycles. The number of rotatable bonds is 9. The van der Waals surface area contributed by atoms with Crippen LogP contribution in [0.25, 0.3) is 11.3 Å². The summed E-state index contributed by atoms with van der Waals surface area (Å²) < 4.78 is 30.6. The van der Waals surface area contributed by atoms with Crippen molar-refractivity contribution in [2.45, 2.75) is 52.7 Å². The number of nitrogens with zero attached hydrogens (tertiary/aromatic N) is 3. The Hall–Kier alpha value is -3.59. The van der Waals surface area contributed by atoms with Crippen molar-refractivity contribution in [1.82, 2.24) is 14.5 Å². The maximum Gasteiger partial charge on any atom is 0.234 e. The van der Waals surface area contributed by atoms with Crippen LogP contribution in [0.4, 0.5) is 8.78 Å². The molecule has 0 bridgehead atoms. The van der Waals surface area contributed by atoms with Gasteiger partial charge in [-0.3, -0.25) is 9.59 Å². The second-order valence-electron chi connectivity index (χ2n) is 10.0. The molecule has 7 nitrogen and oxygen atoms in total. The molecule has 1 heterocycles. The van der Waals surface area contributed by atoms with Crippen molar-refractivity contribution in [3.8, 4) is 11.3 Å². The van der Waals surface area contributed by atoms with E-state index >= 15 is 0 Å². The van der Waals surface area contributed by atoms with Crippen molar-refractivity contribution in [3.05, 3.63) is 77.8 Å². The standard InChI is InChI=1S/C27H33F2N5O2/c1-17(35)34(13-12-22(30)25(31)36)24(27(2,3)4)26-32-23(20-14-19(28)10-11-21(20)29)16-33(26)15-18-8-6-5-7-9-18/h5-11,14,16,22,24H,12-13,15,30H2,1-4H3,(H2,31,36). The highest BCUT2D eigenvalue weighted by Gasteiger charge is 2.37. The first kappa shape index (κ1) is 27.0. The van der Waals surface area contributed by atoms with Crippen molar-refractivity contribution in [2.24, 2.45) is 16.9 Å². The van der Waals surface area contributed by atoms with Crippen molar-refractivity contribution < 1.29 is 18.4 Å². The minimum absolute atomic E-state index is 0.0286. The Balaban J connectivity index is 2.16. The van der Waals surface area contributed by atoms with E-state index < -0.39 is 35.0 Å². The summed E-state index contributed by atoms with van der Waals surface area (Å²) in [5.41, 5.74) is 11.9. The Kier molecular flexibility index (Phi) is 8.24. The molecule has 0 spiro atoms. The average molecular weight is 498 g/mol. The molecule has 0 aliphatic heterocycles. The van der Waals surface area contributed by atoms with Crippen molar-refractivity contribution >= 4 is 11.8 Å². The first-order valence-corrected chi connectivity index (χ1v) is 11.8. The van der Waals surface area contributed by atoms with Gasteiger partial charge in [0, 0.05) is 31.8 Å². The van der Waals surface area contributed by atoms with E-state index in [0.717, 1.165) is 23.8 Å². The lowest BCUT2D eigenvalue weighted by atomic mass is 9.84. The number of hydrogen-bond acceptors (Lipinski definition) is 4. The second kappa shape index (κ2) is 11.0. The van der Waals surface area contributed by atoms with Crippen LogP contribution in [0.2, 0.25) is 0 Å². The number of carbonyl (C=O) groups is 2. The van der Waals surface area contributed by atoms with Gasteiger partial charge in [0.2, 0.25) is 11.8 Å². The number of aromatic nitrogens is 2. The third-order valence-electron chi connectivity index (χ3n) is 6.03. The monoisotopic (exact) mass is 497 g/mol. The highest BCUT2D eigenvalue weighted by molar-refractivity contribution is 5.79. The molecule has 2 aromatic carbocycles. The van der Waals surface area contributed by atoms with Gasteiger partial charge in [0.05, 0.1) is 17.8 Å². The van der Waals surface area contributed by atoms with Gasteiger partial charge in [-0.05, 0) is 35.6 Å². The van der Waals surface area contributed by atoms with Gasteiger partial charge >= 0.3 is 0 Å². The first-order chi connectivity index (χ1) is 16.9. The molecule has 192 valence electrons. The highest BCUT2D eigenvalue weighted by atomic mass is 19.1. The maximum atomic E-state index is 14.7. The smallest absolute Gasteiger partial charge is 0.234 e. The van der Waals surface area contributed by atoms with Crippen LogP contribution in [-0.2, 0) is 16.1 Å². The number of carbonyl (C=O) groups excluding carboxylic acids is 2. The van der Waals surface area contributed by atoms with Crippen LogP contribution < -0.4 is 11.5 Å². The molecule has 2 amide bonds. The van der Waals surface area contributed by atoms with Gasteiger partial charge in [-0.25, -0.2) is 13.8 Å². The molecule has 0 aliphatic carbocycles. The number of imidazole rings is 1. The third-order valence-corrected chi connectivity index (χ3v) is 6.03. The fourth-order valence-corrected chi connectivity index (χ4v) is 4.26. The Morgan fingerprint density at radius 2 is 1.78 bits per heavy atom. The SMILES string of the molecule is CC(=O)N(CCC(N)C(N)=O)C(c1nc(-c2cc(F)ccc2F)cn1Cc1ccccc1)C(C)(C)C. The van der Waals surface area contributed by atoms with Crippen molar-refractivity contribution in [2.75, 3.05) is 6.54 Å². The summed E-state index contributed by atoms with van der Waals surface area (Å²) in [6.07, 6.45) is 1.85. The summed E-state index contributed by atoms with van der Waals surface area (Å²) in [5, 5.41) is 0. The lowest BCUT2D eigenvalue weighted by molar-refractivity contribution is -0.134. The average Bonchev–Trinajstić information content (AvgIpc) is 3.19. The number of amides is 2. The Bertz CT molecular complexity index is 1220. The minimum atomic E-state index is -0.909. The largest absolute Gasteiger partial charge is 0.368 e. The van der Waals surface area contributed by atoms with Crippen LogP contribution >= 0.6 is 0 Å². The predicted molar refractivity (Wildman–Crippen MR) is 134 cm³/mol. The molecular formula is C27H33F2N5O2. The van der Waals surface area contributed by atoms with Gasteiger partial charge in [-0.15, -0.1) is 0 Å². The van der Waals surface area contributed by atoms with E-state index in [4.69, 9.17) is 16.5 Å². The van der Waals surface area contributed by atoms with Gasteiger partial charge in [0.15, 0.2) is 0 Å². The van der Waals surface area contributed by atoms with Gasteiger partial charge in [0.25, 0.3) is 0 Å². The summed E-state index contributed by atoms with van der Waals surface area (Å²) in [4.78, 5) is 30.7. The summed E-state index contributed by atoms with van der Waals surface area (Å²) in [5.74, 6) is -1.56. The summed E-state index contributed by atoms with van der Waals surface area (Å²) in [7, 11) is 0. The zero-order valence-corrected chi connectivity index (χ0v) is 21.0. The number of benzene rings is 2. The lowest BCUT2D eigenvalue weighted by Gasteiger charge is -2.40. The van der Waals surface area contributed by atoms with Crippen molar-refractivity contribution in [1.29, 1.82) is 0 Å².